The van der Waals surface area contributed by atoms with Gasteiger partial charge in [0.25, 0.3) is 0 Å². The standard InChI is InChI=1S/C17H13ClF2N4OS/c1-24-16(10-3-2-4-11(18)7-10)22-23-17(24)26-9-15(25)21-12-5-6-13(19)14(20)8-12/h2-8H,9H2,1H3,(H,21,25). The minimum absolute atomic E-state index is 0.0422. The molecule has 1 amide bonds. The number of amides is 1. The predicted octanol–water partition coefficient (Wildman–Crippen LogP) is 4.14. The van der Waals surface area contributed by atoms with E-state index in [0.29, 0.717) is 16.0 Å². The maximum Gasteiger partial charge on any atom is 0.234 e. The Kier molecular flexibility index (Phi) is 5.53. The Hall–Kier alpha value is -2.45. The van der Waals surface area contributed by atoms with Crippen LogP contribution in [0, 0.1) is 11.6 Å². The lowest BCUT2D eigenvalue weighted by atomic mass is 10.2. The van der Waals surface area contributed by atoms with Crippen LogP contribution in [0.25, 0.3) is 11.4 Å². The zero-order valence-corrected chi connectivity index (χ0v) is 15.1. The van der Waals surface area contributed by atoms with Crippen LogP contribution in [0.5, 0.6) is 0 Å². The highest BCUT2D eigenvalue weighted by molar-refractivity contribution is 7.99. The monoisotopic (exact) mass is 394 g/mol. The van der Waals surface area contributed by atoms with E-state index >= 15 is 0 Å². The molecule has 26 heavy (non-hydrogen) atoms. The number of hydrogen-bond donors (Lipinski definition) is 1. The molecule has 0 radical (unpaired) electrons. The van der Waals surface area contributed by atoms with Crippen molar-refractivity contribution in [2.75, 3.05) is 11.1 Å². The summed E-state index contributed by atoms with van der Waals surface area (Å²) in [5.74, 6) is -1.69. The van der Waals surface area contributed by atoms with E-state index in [1.165, 1.54) is 17.8 Å². The van der Waals surface area contributed by atoms with E-state index in [1.807, 2.05) is 12.1 Å². The van der Waals surface area contributed by atoms with Crippen molar-refractivity contribution >= 4 is 35.0 Å². The third-order valence-electron chi connectivity index (χ3n) is 3.45. The molecular formula is C17H13ClF2N4OS. The first-order chi connectivity index (χ1) is 12.4. The first-order valence-corrected chi connectivity index (χ1v) is 8.83. The highest BCUT2D eigenvalue weighted by Gasteiger charge is 2.13. The van der Waals surface area contributed by atoms with Crippen LogP contribution in [0.4, 0.5) is 14.5 Å². The zero-order valence-electron chi connectivity index (χ0n) is 13.5. The van der Waals surface area contributed by atoms with Crippen LogP contribution in [-0.4, -0.2) is 26.4 Å². The van der Waals surface area contributed by atoms with E-state index in [2.05, 4.69) is 15.5 Å². The van der Waals surface area contributed by atoms with Crippen molar-refractivity contribution in [3.8, 4) is 11.4 Å². The molecule has 1 aromatic heterocycles. The molecule has 0 saturated heterocycles. The van der Waals surface area contributed by atoms with E-state index in [4.69, 9.17) is 11.6 Å². The molecule has 0 aliphatic heterocycles. The van der Waals surface area contributed by atoms with Crippen LogP contribution in [0.15, 0.2) is 47.6 Å². The Morgan fingerprint density at radius 2 is 2.00 bits per heavy atom. The van der Waals surface area contributed by atoms with E-state index in [1.54, 1.807) is 23.7 Å². The third kappa shape index (κ3) is 4.20. The van der Waals surface area contributed by atoms with Crippen molar-refractivity contribution in [1.29, 1.82) is 0 Å². The predicted molar refractivity (Wildman–Crippen MR) is 97.2 cm³/mol. The lowest BCUT2D eigenvalue weighted by Crippen LogP contribution is -2.14. The van der Waals surface area contributed by atoms with E-state index in [9.17, 15) is 13.6 Å². The van der Waals surface area contributed by atoms with Gasteiger partial charge in [0, 0.05) is 29.4 Å². The summed E-state index contributed by atoms with van der Waals surface area (Å²) in [6, 6.07) is 10.4. The number of halogens is 3. The van der Waals surface area contributed by atoms with Gasteiger partial charge in [-0.25, -0.2) is 8.78 Å². The van der Waals surface area contributed by atoms with E-state index in [-0.39, 0.29) is 17.3 Å². The van der Waals surface area contributed by atoms with Crippen molar-refractivity contribution in [1.82, 2.24) is 14.8 Å². The molecule has 0 saturated carbocycles. The Morgan fingerprint density at radius 3 is 2.73 bits per heavy atom. The van der Waals surface area contributed by atoms with Crippen molar-refractivity contribution in [3.63, 3.8) is 0 Å². The van der Waals surface area contributed by atoms with E-state index < -0.39 is 11.6 Å². The van der Waals surface area contributed by atoms with Crippen LogP contribution in [0.3, 0.4) is 0 Å². The maximum absolute atomic E-state index is 13.2. The van der Waals surface area contributed by atoms with Crippen LogP contribution in [0.1, 0.15) is 0 Å². The molecule has 3 aromatic rings. The maximum atomic E-state index is 13.2. The molecule has 0 bridgehead atoms. The molecular weight excluding hydrogens is 382 g/mol. The summed E-state index contributed by atoms with van der Waals surface area (Å²) in [6.07, 6.45) is 0. The van der Waals surface area contributed by atoms with Gasteiger partial charge in [0.2, 0.25) is 5.91 Å². The lowest BCUT2D eigenvalue weighted by molar-refractivity contribution is -0.113. The van der Waals surface area contributed by atoms with E-state index in [0.717, 1.165) is 17.7 Å². The molecule has 9 heteroatoms. The first-order valence-electron chi connectivity index (χ1n) is 7.47. The lowest BCUT2D eigenvalue weighted by Gasteiger charge is -2.06. The van der Waals surface area contributed by atoms with Gasteiger partial charge >= 0.3 is 0 Å². The van der Waals surface area contributed by atoms with Crippen molar-refractivity contribution < 1.29 is 13.6 Å². The molecule has 3 rings (SSSR count). The van der Waals surface area contributed by atoms with Gasteiger partial charge < -0.3 is 9.88 Å². The zero-order chi connectivity index (χ0) is 18.7. The number of carbonyl (C=O) groups is 1. The molecule has 0 fully saturated rings. The fraction of sp³-hybridized carbons (Fsp3) is 0.118. The molecule has 0 aliphatic carbocycles. The van der Waals surface area contributed by atoms with Gasteiger partial charge in [-0.05, 0) is 24.3 Å². The number of aromatic nitrogens is 3. The molecule has 134 valence electrons. The van der Waals surface area contributed by atoms with Gasteiger partial charge in [0.1, 0.15) is 0 Å². The second kappa shape index (κ2) is 7.84. The smallest absolute Gasteiger partial charge is 0.234 e. The first kappa shape index (κ1) is 18.3. The molecule has 5 nitrogen and oxygen atoms in total. The fourth-order valence-corrected chi connectivity index (χ4v) is 3.12. The van der Waals surface area contributed by atoms with Crippen molar-refractivity contribution in [2.24, 2.45) is 7.05 Å². The summed E-state index contributed by atoms with van der Waals surface area (Å²) < 4.78 is 27.8. The number of hydrogen-bond acceptors (Lipinski definition) is 4. The van der Waals surface area contributed by atoms with Gasteiger partial charge in [-0.2, -0.15) is 0 Å². The normalized spacial score (nSPS) is 10.8. The van der Waals surface area contributed by atoms with Gasteiger partial charge in [0.15, 0.2) is 22.6 Å². The van der Waals surface area contributed by atoms with Gasteiger partial charge in [-0.1, -0.05) is 35.5 Å². The summed E-state index contributed by atoms with van der Waals surface area (Å²) in [5, 5.41) is 11.8. The minimum atomic E-state index is -1.02. The number of anilines is 1. The number of rotatable bonds is 5. The van der Waals surface area contributed by atoms with Crippen LogP contribution in [0.2, 0.25) is 5.02 Å². The average molecular weight is 395 g/mol. The van der Waals surface area contributed by atoms with Crippen molar-refractivity contribution in [3.05, 3.63) is 59.1 Å². The minimum Gasteiger partial charge on any atom is -0.325 e. The van der Waals surface area contributed by atoms with Gasteiger partial charge in [-0.3, -0.25) is 4.79 Å². The van der Waals surface area contributed by atoms with Gasteiger partial charge in [0.05, 0.1) is 5.75 Å². The summed E-state index contributed by atoms with van der Waals surface area (Å²) in [6.45, 7) is 0. The quantitative estimate of drug-likeness (QED) is 0.660. The van der Waals surface area contributed by atoms with Crippen molar-refractivity contribution in [2.45, 2.75) is 5.16 Å². The summed E-state index contributed by atoms with van der Waals surface area (Å²) in [5.41, 5.74) is 0.998. The molecule has 1 N–H and O–H groups in total. The molecule has 0 unspecified atom stereocenters. The van der Waals surface area contributed by atoms with Crippen LogP contribution < -0.4 is 5.32 Å². The highest BCUT2D eigenvalue weighted by atomic mass is 35.5. The van der Waals surface area contributed by atoms with Crippen LogP contribution >= 0.6 is 23.4 Å². The fourth-order valence-electron chi connectivity index (χ4n) is 2.22. The second-order valence-electron chi connectivity index (χ2n) is 5.34. The average Bonchev–Trinajstić information content (AvgIpc) is 2.97. The number of carbonyl (C=O) groups excluding carboxylic acids is 1. The third-order valence-corrected chi connectivity index (χ3v) is 4.71. The summed E-state index contributed by atoms with van der Waals surface area (Å²) in [7, 11) is 1.78. The summed E-state index contributed by atoms with van der Waals surface area (Å²) in [4.78, 5) is 12.0. The Morgan fingerprint density at radius 1 is 1.19 bits per heavy atom. The molecule has 0 aliphatic rings. The largest absolute Gasteiger partial charge is 0.325 e. The van der Waals surface area contributed by atoms with Gasteiger partial charge in [-0.15, -0.1) is 10.2 Å². The topological polar surface area (TPSA) is 59.8 Å². The Bertz CT molecular complexity index is 964. The molecule has 1 heterocycles. The molecule has 0 spiro atoms. The number of nitrogens with one attached hydrogen (secondary N) is 1. The number of thioether (sulfide) groups is 1. The SMILES string of the molecule is Cn1c(SCC(=O)Nc2ccc(F)c(F)c2)nnc1-c1cccc(Cl)c1. The molecule has 0 atom stereocenters. The van der Waals surface area contributed by atoms with Crippen LogP contribution in [-0.2, 0) is 11.8 Å². The summed E-state index contributed by atoms with van der Waals surface area (Å²) >= 11 is 7.17. The Balaban J connectivity index is 1.64. The molecule has 2 aromatic carbocycles. The Labute approximate surface area is 157 Å². The highest BCUT2D eigenvalue weighted by Crippen LogP contribution is 2.24. The number of nitrogens with zero attached hydrogens (tertiary/aromatic N) is 3. The number of benzene rings is 2. The second-order valence-corrected chi connectivity index (χ2v) is 6.72.